The van der Waals surface area contributed by atoms with Crippen LogP contribution >= 0.6 is 0 Å². The van der Waals surface area contributed by atoms with Crippen LogP contribution in [0.2, 0.25) is 0 Å². The van der Waals surface area contributed by atoms with E-state index in [4.69, 9.17) is 35.7 Å². The number of nitrogens with two attached hydrogens (primary N) is 1. The lowest BCUT2D eigenvalue weighted by Crippen LogP contribution is -2.46. The summed E-state index contributed by atoms with van der Waals surface area (Å²) < 4.78 is 0. The van der Waals surface area contributed by atoms with Gasteiger partial charge in [0.25, 0.3) is 0 Å². The molecule has 0 aromatic heterocycles. The van der Waals surface area contributed by atoms with E-state index in [0.717, 1.165) is 0 Å². The fourth-order valence-electron chi connectivity index (χ4n) is 0.671. The molecule has 0 saturated carbocycles. The van der Waals surface area contributed by atoms with E-state index in [2.05, 4.69) is 5.73 Å². The average molecular weight is 257 g/mol. The molecule has 0 radical (unpaired) electrons. The minimum Gasteiger partial charge on any atom is -0.480 e. The maximum Gasteiger partial charge on any atom is 0.317 e. The molecule has 4 unspecified atom stereocenters. The monoisotopic (exact) mass is 257 g/mol. The van der Waals surface area contributed by atoms with Gasteiger partial charge in [0.05, 0.1) is 19.8 Å². The number of rotatable bonds is 6. The number of hydrogen-bond acceptors (Lipinski definition) is 8. The van der Waals surface area contributed by atoms with Gasteiger partial charge in [-0.3, -0.25) is 4.79 Å². The zero-order valence-electron chi connectivity index (χ0n) is 9.05. The van der Waals surface area contributed by atoms with Gasteiger partial charge < -0.3 is 41.5 Å². The Hall–Kier alpha value is -0.810. The number of carboxylic acids is 1. The highest BCUT2D eigenvalue weighted by Crippen LogP contribution is 2.03. The molecule has 0 aromatic rings. The Morgan fingerprint density at radius 1 is 0.941 bits per heavy atom. The molecule has 0 aliphatic heterocycles. The van der Waals surface area contributed by atoms with Crippen LogP contribution in [-0.2, 0) is 4.79 Å². The number of carboxylic acid groups (broad SMARTS) is 1. The molecule has 0 rings (SSSR count). The van der Waals surface area contributed by atoms with Gasteiger partial charge >= 0.3 is 5.97 Å². The molecule has 17 heavy (non-hydrogen) atoms. The van der Waals surface area contributed by atoms with Crippen LogP contribution in [0.4, 0.5) is 0 Å². The van der Waals surface area contributed by atoms with Gasteiger partial charge in [-0.15, -0.1) is 0 Å². The van der Waals surface area contributed by atoms with Crippen LogP contribution in [0, 0.1) is 0 Å². The van der Waals surface area contributed by atoms with Crippen molar-refractivity contribution in [2.24, 2.45) is 5.73 Å². The first-order valence-electron chi connectivity index (χ1n) is 4.67. The first-order valence-corrected chi connectivity index (χ1v) is 4.67. The van der Waals surface area contributed by atoms with Crippen molar-refractivity contribution >= 4 is 5.97 Å². The highest BCUT2D eigenvalue weighted by Gasteiger charge is 2.29. The van der Waals surface area contributed by atoms with Crippen molar-refractivity contribution in [3.63, 3.8) is 0 Å². The molecule has 0 aromatic carbocycles. The van der Waals surface area contributed by atoms with Crippen molar-refractivity contribution in [2.45, 2.75) is 24.4 Å². The van der Waals surface area contributed by atoms with Gasteiger partial charge in [0.15, 0.2) is 0 Å². The van der Waals surface area contributed by atoms with E-state index in [1.165, 1.54) is 0 Å². The second-order valence-electron chi connectivity index (χ2n) is 3.08. The van der Waals surface area contributed by atoms with Crippen molar-refractivity contribution in [1.29, 1.82) is 0 Å². The molecule has 0 aliphatic rings. The van der Waals surface area contributed by atoms with E-state index in [1.54, 1.807) is 0 Å². The van der Waals surface area contributed by atoms with E-state index < -0.39 is 43.6 Å². The lowest BCUT2D eigenvalue weighted by Gasteiger charge is -2.24. The van der Waals surface area contributed by atoms with Crippen molar-refractivity contribution in [2.75, 3.05) is 19.8 Å². The molecule has 9 nitrogen and oxygen atoms in total. The van der Waals surface area contributed by atoms with Gasteiger partial charge in [-0.2, -0.15) is 0 Å². The van der Waals surface area contributed by atoms with Crippen molar-refractivity contribution < 1.29 is 40.5 Å². The molecule has 0 bridgehead atoms. The quantitative estimate of drug-likeness (QED) is 0.232. The highest BCUT2D eigenvalue weighted by atomic mass is 16.4. The second kappa shape index (κ2) is 10.4. The lowest BCUT2D eigenvalue weighted by atomic mass is 10.0. The molecular weight excluding hydrogens is 238 g/mol. The summed E-state index contributed by atoms with van der Waals surface area (Å²) in [5.41, 5.74) is 4.57. The smallest absolute Gasteiger partial charge is 0.317 e. The second-order valence-corrected chi connectivity index (χ2v) is 3.08. The fraction of sp³-hybridized carbons (Fsp3) is 0.875. The molecule has 0 fully saturated rings. The summed E-state index contributed by atoms with van der Waals surface area (Å²) in [5.74, 6) is -0.968. The maximum absolute atomic E-state index is 9.24. The summed E-state index contributed by atoms with van der Waals surface area (Å²) in [6.45, 7) is -1.73. The molecule has 9 heteroatoms. The SMILES string of the molecule is NCC(=O)O.OCC(O)C(O)C(O)C(O)CO. The van der Waals surface area contributed by atoms with E-state index in [9.17, 15) is 4.79 Å². The van der Waals surface area contributed by atoms with Crippen LogP contribution in [0.15, 0.2) is 0 Å². The third-order valence-corrected chi connectivity index (χ3v) is 1.69. The zero-order valence-corrected chi connectivity index (χ0v) is 9.05. The van der Waals surface area contributed by atoms with Gasteiger partial charge in [-0.1, -0.05) is 0 Å². The summed E-state index contributed by atoms with van der Waals surface area (Å²) in [5, 5.41) is 59.8. The predicted molar refractivity (Wildman–Crippen MR) is 54.9 cm³/mol. The highest BCUT2D eigenvalue weighted by molar-refractivity contribution is 5.68. The van der Waals surface area contributed by atoms with Crippen molar-refractivity contribution in [1.82, 2.24) is 0 Å². The van der Waals surface area contributed by atoms with Gasteiger partial charge in [0.1, 0.15) is 24.4 Å². The molecule has 0 saturated heterocycles. The normalized spacial score (nSPS) is 17.4. The average Bonchev–Trinajstić information content (AvgIpc) is 2.35. The number of aliphatic carboxylic acids is 1. The first kappa shape index (κ1) is 18.6. The summed E-state index contributed by atoms with van der Waals surface area (Å²) in [7, 11) is 0. The van der Waals surface area contributed by atoms with Crippen LogP contribution in [0.25, 0.3) is 0 Å². The van der Waals surface area contributed by atoms with E-state index in [1.807, 2.05) is 0 Å². The third-order valence-electron chi connectivity index (χ3n) is 1.69. The number of aliphatic hydroxyl groups excluding tert-OH is 6. The van der Waals surface area contributed by atoms with Crippen LogP contribution in [0.3, 0.4) is 0 Å². The van der Waals surface area contributed by atoms with Crippen molar-refractivity contribution in [3.05, 3.63) is 0 Å². The Morgan fingerprint density at radius 2 is 1.18 bits per heavy atom. The molecule has 104 valence electrons. The van der Waals surface area contributed by atoms with Crippen LogP contribution in [0.5, 0.6) is 0 Å². The predicted octanol–water partition coefficient (Wildman–Crippen LogP) is -4.56. The zero-order chi connectivity index (χ0) is 14.0. The topological polar surface area (TPSA) is 185 Å². The Bertz CT molecular complexity index is 188. The van der Waals surface area contributed by atoms with E-state index in [0.29, 0.717) is 0 Å². The Morgan fingerprint density at radius 3 is 1.29 bits per heavy atom. The van der Waals surface area contributed by atoms with Crippen LogP contribution < -0.4 is 5.73 Å². The summed E-state index contributed by atoms with van der Waals surface area (Å²) in [6.07, 6.45) is -6.39. The summed E-state index contributed by atoms with van der Waals surface area (Å²) in [6, 6.07) is 0. The fourth-order valence-corrected chi connectivity index (χ4v) is 0.671. The first-order chi connectivity index (χ1) is 7.81. The Balaban J connectivity index is 0. The molecule has 0 heterocycles. The molecule has 0 amide bonds. The van der Waals surface area contributed by atoms with Crippen LogP contribution in [-0.4, -0.2) is 85.9 Å². The van der Waals surface area contributed by atoms with Gasteiger partial charge in [-0.05, 0) is 0 Å². The largest absolute Gasteiger partial charge is 0.480 e. The Labute approximate surface area is 97.4 Å². The third kappa shape index (κ3) is 8.94. The standard InChI is InChI=1S/C6H14O6.C2H5NO2/c7-1-3(9)5(11)6(12)4(10)2-8;3-1-2(4)5/h3-12H,1-2H2;1,3H2,(H,4,5). The Kier molecular flexibility index (Phi) is 11.3. The molecule has 0 spiro atoms. The van der Waals surface area contributed by atoms with Crippen molar-refractivity contribution in [3.8, 4) is 0 Å². The molecule has 9 N–H and O–H groups in total. The van der Waals surface area contributed by atoms with Gasteiger partial charge in [0.2, 0.25) is 0 Å². The lowest BCUT2D eigenvalue weighted by molar-refractivity contribution is -0.135. The number of hydrogen-bond donors (Lipinski definition) is 8. The molecular formula is C8H19NO8. The minimum absolute atomic E-state index is 0.278. The summed E-state index contributed by atoms with van der Waals surface area (Å²) >= 11 is 0. The van der Waals surface area contributed by atoms with Gasteiger partial charge in [0, 0.05) is 0 Å². The van der Waals surface area contributed by atoms with E-state index >= 15 is 0 Å². The van der Waals surface area contributed by atoms with E-state index in [-0.39, 0.29) is 6.54 Å². The molecule has 0 aliphatic carbocycles. The van der Waals surface area contributed by atoms with Gasteiger partial charge in [-0.25, -0.2) is 0 Å². The van der Waals surface area contributed by atoms with Crippen LogP contribution in [0.1, 0.15) is 0 Å². The minimum atomic E-state index is -1.67. The molecule has 4 atom stereocenters. The summed E-state index contributed by atoms with van der Waals surface area (Å²) in [4.78, 5) is 9.24. The number of aliphatic hydroxyl groups is 6. The number of carbonyl (C=O) groups is 1. The maximum atomic E-state index is 9.24.